The van der Waals surface area contributed by atoms with E-state index in [9.17, 15) is 4.79 Å². The second-order valence-corrected chi connectivity index (χ2v) is 7.14. The standard InChI is InChI=1S/C23H15Cl2N3O/c24-17-11-9-15(10-12-17)22-13-19(18-6-2-4-8-21(18)27-22)23(29)28-26-14-16-5-1-3-7-20(16)25/h1-14H,(H,28,29)/b26-14-. The lowest BCUT2D eigenvalue weighted by Crippen LogP contribution is -2.18. The molecular formula is C23H15Cl2N3O. The molecule has 6 heteroatoms. The quantitative estimate of drug-likeness (QED) is 0.327. The molecule has 0 saturated carbocycles. The van der Waals surface area contributed by atoms with Crippen LogP contribution in [0.25, 0.3) is 22.2 Å². The Hall–Kier alpha value is -3.21. The Labute approximate surface area is 177 Å². The zero-order valence-corrected chi connectivity index (χ0v) is 16.7. The number of hydrogen-bond donors (Lipinski definition) is 1. The molecule has 0 aliphatic heterocycles. The Morgan fingerprint density at radius 3 is 2.45 bits per heavy atom. The van der Waals surface area contributed by atoms with E-state index in [0.29, 0.717) is 21.3 Å². The van der Waals surface area contributed by atoms with Crippen LogP contribution < -0.4 is 5.43 Å². The van der Waals surface area contributed by atoms with E-state index in [1.54, 1.807) is 24.3 Å². The smallest absolute Gasteiger partial charge is 0.267 e. The number of halogens is 2. The highest BCUT2D eigenvalue weighted by Crippen LogP contribution is 2.26. The Balaban J connectivity index is 1.69. The molecule has 0 fully saturated rings. The molecule has 4 aromatic rings. The number of nitrogens with zero attached hydrogens (tertiary/aromatic N) is 2. The van der Waals surface area contributed by atoms with E-state index in [1.807, 2.05) is 54.6 Å². The number of amides is 1. The minimum Gasteiger partial charge on any atom is -0.267 e. The van der Waals surface area contributed by atoms with Gasteiger partial charge in [-0.2, -0.15) is 5.10 Å². The van der Waals surface area contributed by atoms with Crippen molar-refractivity contribution in [3.63, 3.8) is 0 Å². The maximum Gasteiger partial charge on any atom is 0.272 e. The highest BCUT2D eigenvalue weighted by atomic mass is 35.5. The molecule has 4 nitrogen and oxygen atoms in total. The minimum atomic E-state index is -0.331. The van der Waals surface area contributed by atoms with Crippen LogP contribution in [0.3, 0.4) is 0 Å². The molecule has 0 radical (unpaired) electrons. The van der Waals surface area contributed by atoms with Crippen molar-refractivity contribution >= 4 is 46.2 Å². The van der Waals surface area contributed by atoms with Crippen LogP contribution in [0, 0.1) is 0 Å². The van der Waals surface area contributed by atoms with Gasteiger partial charge in [-0.15, -0.1) is 0 Å². The Morgan fingerprint density at radius 2 is 1.66 bits per heavy atom. The monoisotopic (exact) mass is 419 g/mol. The number of nitrogens with one attached hydrogen (secondary N) is 1. The van der Waals surface area contributed by atoms with Crippen molar-refractivity contribution in [2.75, 3.05) is 0 Å². The molecule has 0 saturated heterocycles. The maximum absolute atomic E-state index is 12.9. The number of hydrazone groups is 1. The number of carbonyl (C=O) groups excluding carboxylic acids is 1. The molecule has 0 bridgehead atoms. The number of carbonyl (C=O) groups is 1. The van der Waals surface area contributed by atoms with Gasteiger partial charge in [0, 0.05) is 26.6 Å². The molecule has 0 atom stereocenters. The fourth-order valence-corrected chi connectivity index (χ4v) is 3.24. The molecule has 1 N–H and O–H groups in total. The van der Waals surface area contributed by atoms with Gasteiger partial charge in [-0.3, -0.25) is 4.79 Å². The van der Waals surface area contributed by atoms with Crippen molar-refractivity contribution in [3.8, 4) is 11.3 Å². The first-order valence-corrected chi connectivity index (χ1v) is 9.61. The largest absolute Gasteiger partial charge is 0.272 e. The van der Waals surface area contributed by atoms with Gasteiger partial charge in [0.15, 0.2) is 0 Å². The van der Waals surface area contributed by atoms with Crippen molar-refractivity contribution in [2.24, 2.45) is 5.10 Å². The topological polar surface area (TPSA) is 54.4 Å². The molecule has 0 unspecified atom stereocenters. The summed E-state index contributed by atoms with van der Waals surface area (Å²) in [5.41, 5.74) is 6.05. The zero-order valence-electron chi connectivity index (χ0n) is 15.1. The van der Waals surface area contributed by atoms with Crippen molar-refractivity contribution in [1.29, 1.82) is 0 Å². The summed E-state index contributed by atoms with van der Waals surface area (Å²) in [5, 5.41) is 6.00. The molecule has 3 aromatic carbocycles. The van der Waals surface area contributed by atoms with Crippen molar-refractivity contribution in [1.82, 2.24) is 10.4 Å². The molecule has 4 rings (SSSR count). The highest BCUT2D eigenvalue weighted by Gasteiger charge is 2.13. The number of para-hydroxylation sites is 1. The summed E-state index contributed by atoms with van der Waals surface area (Å²) in [5.74, 6) is -0.331. The predicted molar refractivity (Wildman–Crippen MR) is 119 cm³/mol. The summed E-state index contributed by atoms with van der Waals surface area (Å²) in [7, 11) is 0. The molecule has 0 spiro atoms. The number of benzene rings is 3. The van der Waals surface area contributed by atoms with E-state index in [2.05, 4.69) is 15.5 Å². The number of fused-ring (bicyclic) bond motifs is 1. The Bertz CT molecular complexity index is 1220. The third-order valence-electron chi connectivity index (χ3n) is 4.38. The third kappa shape index (κ3) is 4.29. The van der Waals surface area contributed by atoms with Crippen molar-refractivity contribution in [2.45, 2.75) is 0 Å². The number of pyridine rings is 1. The summed E-state index contributed by atoms with van der Waals surface area (Å²) in [6.45, 7) is 0. The van der Waals surface area contributed by atoms with Gasteiger partial charge < -0.3 is 0 Å². The van der Waals surface area contributed by atoms with Gasteiger partial charge in [0.25, 0.3) is 5.91 Å². The van der Waals surface area contributed by atoms with Crippen LogP contribution in [0.5, 0.6) is 0 Å². The van der Waals surface area contributed by atoms with Gasteiger partial charge >= 0.3 is 0 Å². The molecule has 1 heterocycles. The third-order valence-corrected chi connectivity index (χ3v) is 4.97. The lowest BCUT2D eigenvalue weighted by atomic mass is 10.0. The van der Waals surface area contributed by atoms with Crippen LogP contribution in [0.15, 0.2) is 84.0 Å². The fraction of sp³-hybridized carbons (Fsp3) is 0. The van der Waals surface area contributed by atoms with Crippen LogP contribution >= 0.6 is 23.2 Å². The van der Waals surface area contributed by atoms with E-state index in [-0.39, 0.29) is 5.91 Å². The van der Waals surface area contributed by atoms with E-state index in [1.165, 1.54) is 6.21 Å². The zero-order chi connectivity index (χ0) is 20.2. The van der Waals surface area contributed by atoms with Crippen molar-refractivity contribution in [3.05, 3.63) is 100 Å². The van der Waals surface area contributed by atoms with Gasteiger partial charge in [0.2, 0.25) is 0 Å². The lowest BCUT2D eigenvalue weighted by molar-refractivity contribution is 0.0956. The Morgan fingerprint density at radius 1 is 0.931 bits per heavy atom. The van der Waals surface area contributed by atoms with Crippen LogP contribution in [-0.2, 0) is 0 Å². The van der Waals surface area contributed by atoms with Crippen LogP contribution in [0.2, 0.25) is 10.0 Å². The van der Waals surface area contributed by atoms with Crippen molar-refractivity contribution < 1.29 is 4.79 Å². The molecule has 0 aliphatic rings. The van der Waals surface area contributed by atoms with Gasteiger partial charge in [-0.1, -0.05) is 71.7 Å². The Kier molecular flexibility index (Phi) is 5.56. The molecule has 142 valence electrons. The fourth-order valence-electron chi connectivity index (χ4n) is 2.93. The molecular weight excluding hydrogens is 405 g/mol. The van der Waals surface area contributed by atoms with E-state index in [4.69, 9.17) is 23.2 Å². The average Bonchev–Trinajstić information content (AvgIpc) is 2.74. The van der Waals surface area contributed by atoms with Gasteiger partial charge in [0.05, 0.1) is 23.0 Å². The van der Waals surface area contributed by atoms with E-state index >= 15 is 0 Å². The van der Waals surface area contributed by atoms with Crippen LogP contribution in [0.1, 0.15) is 15.9 Å². The van der Waals surface area contributed by atoms with E-state index < -0.39 is 0 Å². The second-order valence-electron chi connectivity index (χ2n) is 6.30. The first kappa shape index (κ1) is 19.1. The summed E-state index contributed by atoms with van der Waals surface area (Å²) in [6.07, 6.45) is 1.52. The number of aromatic nitrogens is 1. The minimum absolute atomic E-state index is 0.331. The lowest BCUT2D eigenvalue weighted by Gasteiger charge is -2.09. The van der Waals surface area contributed by atoms with E-state index in [0.717, 1.165) is 22.0 Å². The summed E-state index contributed by atoms with van der Waals surface area (Å²) in [4.78, 5) is 17.5. The normalized spacial score (nSPS) is 11.1. The summed E-state index contributed by atoms with van der Waals surface area (Å²) < 4.78 is 0. The molecule has 1 aromatic heterocycles. The van der Waals surface area contributed by atoms with Crippen LogP contribution in [0.4, 0.5) is 0 Å². The highest BCUT2D eigenvalue weighted by molar-refractivity contribution is 6.33. The average molecular weight is 420 g/mol. The van der Waals surface area contributed by atoms with Gasteiger partial charge in [-0.25, -0.2) is 10.4 Å². The van der Waals surface area contributed by atoms with Gasteiger partial charge in [0.1, 0.15) is 0 Å². The molecule has 0 aliphatic carbocycles. The number of rotatable bonds is 4. The molecule has 1 amide bonds. The molecule has 29 heavy (non-hydrogen) atoms. The second kappa shape index (κ2) is 8.43. The predicted octanol–water partition coefficient (Wildman–Crippen LogP) is 5.97. The summed E-state index contributed by atoms with van der Waals surface area (Å²) >= 11 is 12.1. The SMILES string of the molecule is O=C(N/N=C\c1ccccc1Cl)c1cc(-c2ccc(Cl)cc2)nc2ccccc12. The maximum atomic E-state index is 12.9. The first-order chi connectivity index (χ1) is 14.1. The first-order valence-electron chi connectivity index (χ1n) is 8.85. The summed E-state index contributed by atoms with van der Waals surface area (Å²) in [6, 6.07) is 23.8. The number of hydrogen-bond acceptors (Lipinski definition) is 3. The van der Waals surface area contributed by atoms with Gasteiger partial charge in [-0.05, 0) is 30.3 Å². The van der Waals surface area contributed by atoms with Crippen LogP contribution in [-0.4, -0.2) is 17.1 Å².